The van der Waals surface area contributed by atoms with E-state index < -0.39 is 5.97 Å². The van der Waals surface area contributed by atoms with Crippen molar-refractivity contribution in [3.8, 4) is 0 Å². The predicted octanol–water partition coefficient (Wildman–Crippen LogP) is 3.25. The predicted molar refractivity (Wildman–Crippen MR) is 85.5 cm³/mol. The number of aliphatic carboxylic acids is 1. The zero-order valence-corrected chi connectivity index (χ0v) is 13.3. The summed E-state index contributed by atoms with van der Waals surface area (Å²) in [5.41, 5.74) is 1.02. The molecule has 1 heterocycles. The van der Waals surface area contributed by atoms with Crippen LogP contribution in [0.25, 0.3) is 0 Å². The van der Waals surface area contributed by atoms with Crippen molar-refractivity contribution in [2.75, 3.05) is 13.1 Å². The van der Waals surface area contributed by atoms with E-state index in [0.29, 0.717) is 25.2 Å². The van der Waals surface area contributed by atoms with Gasteiger partial charge >= 0.3 is 5.97 Å². The Morgan fingerprint density at radius 3 is 2.52 bits per heavy atom. The Balaban J connectivity index is 1.69. The number of rotatable bonds is 7. The second kappa shape index (κ2) is 8.65. The molecule has 0 spiro atoms. The number of carbonyl (C=O) groups is 2. The van der Waals surface area contributed by atoms with Gasteiger partial charge in [-0.2, -0.15) is 0 Å². The summed E-state index contributed by atoms with van der Waals surface area (Å²) < 4.78 is 13.2. The van der Waals surface area contributed by atoms with Crippen molar-refractivity contribution in [1.82, 2.24) is 4.90 Å². The lowest BCUT2D eigenvalue weighted by Crippen LogP contribution is -2.38. The van der Waals surface area contributed by atoms with Crippen LogP contribution in [0.1, 0.15) is 44.1 Å². The lowest BCUT2D eigenvalue weighted by molar-refractivity contribution is -0.137. The summed E-state index contributed by atoms with van der Waals surface area (Å²) >= 11 is 0. The molecule has 23 heavy (non-hydrogen) atoms. The summed E-state index contributed by atoms with van der Waals surface area (Å²) in [7, 11) is 0. The number of carboxylic acids is 1. The SMILES string of the molecule is O=C(O)CCCCC(=O)N1CCC(Cc2cccc(F)c2)CC1. The van der Waals surface area contributed by atoms with Crippen LogP contribution in [-0.2, 0) is 16.0 Å². The molecule has 4 nitrogen and oxygen atoms in total. The maximum Gasteiger partial charge on any atom is 0.303 e. The third-order valence-electron chi connectivity index (χ3n) is 4.41. The average molecular weight is 321 g/mol. The largest absolute Gasteiger partial charge is 0.481 e. The molecule has 0 radical (unpaired) electrons. The molecule has 1 fully saturated rings. The summed E-state index contributed by atoms with van der Waals surface area (Å²) in [6, 6.07) is 6.72. The third kappa shape index (κ3) is 6.00. The Kier molecular flexibility index (Phi) is 6.56. The van der Waals surface area contributed by atoms with Gasteiger partial charge in [0, 0.05) is 25.9 Å². The van der Waals surface area contributed by atoms with Gasteiger partial charge in [0.1, 0.15) is 5.82 Å². The Morgan fingerprint density at radius 2 is 1.87 bits per heavy atom. The number of amides is 1. The van der Waals surface area contributed by atoms with E-state index in [1.807, 2.05) is 11.0 Å². The number of hydrogen-bond acceptors (Lipinski definition) is 2. The fourth-order valence-electron chi connectivity index (χ4n) is 3.09. The molecule has 0 saturated carbocycles. The van der Waals surface area contributed by atoms with Crippen LogP contribution in [0.4, 0.5) is 4.39 Å². The van der Waals surface area contributed by atoms with Gasteiger partial charge in [0.25, 0.3) is 0 Å². The zero-order valence-electron chi connectivity index (χ0n) is 13.3. The first-order chi connectivity index (χ1) is 11.0. The van der Waals surface area contributed by atoms with Crippen molar-refractivity contribution in [2.45, 2.75) is 44.9 Å². The number of nitrogens with zero attached hydrogens (tertiary/aromatic N) is 1. The molecule has 126 valence electrons. The molecule has 1 amide bonds. The first-order valence-corrected chi connectivity index (χ1v) is 8.28. The summed E-state index contributed by atoms with van der Waals surface area (Å²) in [4.78, 5) is 24.4. The number of unbranched alkanes of at least 4 members (excludes halogenated alkanes) is 1. The fraction of sp³-hybridized carbons (Fsp3) is 0.556. The molecule has 1 aliphatic rings. The maximum atomic E-state index is 13.2. The highest BCUT2D eigenvalue weighted by Crippen LogP contribution is 2.22. The molecule has 0 bridgehead atoms. The van der Waals surface area contributed by atoms with E-state index in [0.717, 1.165) is 37.9 Å². The normalized spacial score (nSPS) is 15.6. The highest BCUT2D eigenvalue weighted by atomic mass is 19.1. The number of carboxylic acid groups (broad SMARTS) is 1. The number of halogens is 1. The van der Waals surface area contributed by atoms with Crippen LogP contribution < -0.4 is 0 Å². The zero-order chi connectivity index (χ0) is 16.7. The van der Waals surface area contributed by atoms with Crippen molar-refractivity contribution in [1.29, 1.82) is 0 Å². The lowest BCUT2D eigenvalue weighted by atomic mass is 9.90. The smallest absolute Gasteiger partial charge is 0.303 e. The van der Waals surface area contributed by atoms with E-state index in [9.17, 15) is 14.0 Å². The third-order valence-corrected chi connectivity index (χ3v) is 4.41. The minimum atomic E-state index is -0.810. The summed E-state index contributed by atoms with van der Waals surface area (Å²) in [5.74, 6) is -0.389. The van der Waals surface area contributed by atoms with Gasteiger partial charge in [-0.15, -0.1) is 0 Å². The van der Waals surface area contributed by atoms with Crippen LogP contribution >= 0.6 is 0 Å². The lowest BCUT2D eigenvalue weighted by Gasteiger charge is -2.32. The second-order valence-corrected chi connectivity index (χ2v) is 6.26. The molecule has 0 unspecified atom stereocenters. The van der Waals surface area contributed by atoms with E-state index in [2.05, 4.69) is 0 Å². The highest BCUT2D eigenvalue weighted by molar-refractivity contribution is 5.76. The Morgan fingerprint density at radius 1 is 1.17 bits per heavy atom. The van der Waals surface area contributed by atoms with Crippen molar-refractivity contribution < 1.29 is 19.1 Å². The van der Waals surface area contributed by atoms with Gasteiger partial charge in [-0.05, 0) is 55.7 Å². The summed E-state index contributed by atoms with van der Waals surface area (Å²) in [6.07, 6.45) is 4.49. The maximum absolute atomic E-state index is 13.2. The summed E-state index contributed by atoms with van der Waals surface area (Å²) in [5, 5.41) is 8.58. The van der Waals surface area contributed by atoms with Gasteiger partial charge in [-0.1, -0.05) is 12.1 Å². The van der Waals surface area contributed by atoms with Gasteiger partial charge in [0.2, 0.25) is 5.91 Å². The topological polar surface area (TPSA) is 57.6 Å². The monoisotopic (exact) mass is 321 g/mol. The molecule has 1 aromatic rings. The Labute approximate surface area is 136 Å². The minimum Gasteiger partial charge on any atom is -0.481 e. The number of likely N-dealkylation sites (tertiary alicyclic amines) is 1. The number of carbonyl (C=O) groups excluding carboxylic acids is 1. The number of hydrogen-bond donors (Lipinski definition) is 1. The Bertz CT molecular complexity index is 539. The molecule has 1 aliphatic heterocycles. The van der Waals surface area contributed by atoms with Crippen LogP contribution in [0.15, 0.2) is 24.3 Å². The van der Waals surface area contributed by atoms with Gasteiger partial charge in [-0.3, -0.25) is 9.59 Å². The van der Waals surface area contributed by atoms with Gasteiger partial charge in [0.15, 0.2) is 0 Å². The van der Waals surface area contributed by atoms with Crippen LogP contribution in [0, 0.1) is 11.7 Å². The van der Waals surface area contributed by atoms with Crippen LogP contribution in [-0.4, -0.2) is 35.0 Å². The number of benzene rings is 1. The van der Waals surface area contributed by atoms with E-state index in [-0.39, 0.29) is 18.1 Å². The Hall–Kier alpha value is -1.91. The molecular weight excluding hydrogens is 297 g/mol. The van der Waals surface area contributed by atoms with Crippen LogP contribution in [0.5, 0.6) is 0 Å². The average Bonchev–Trinajstić information content (AvgIpc) is 2.52. The van der Waals surface area contributed by atoms with Crippen molar-refractivity contribution in [2.24, 2.45) is 5.92 Å². The van der Waals surface area contributed by atoms with Crippen molar-refractivity contribution in [3.63, 3.8) is 0 Å². The van der Waals surface area contributed by atoms with Gasteiger partial charge < -0.3 is 10.0 Å². The van der Waals surface area contributed by atoms with Crippen molar-refractivity contribution >= 4 is 11.9 Å². The highest BCUT2D eigenvalue weighted by Gasteiger charge is 2.22. The van der Waals surface area contributed by atoms with E-state index in [1.54, 1.807) is 12.1 Å². The number of piperidine rings is 1. The fourth-order valence-corrected chi connectivity index (χ4v) is 3.09. The van der Waals surface area contributed by atoms with Gasteiger partial charge in [-0.25, -0.2) is 4.39 Å². The van der Waals surface area contributed by atoms with Crippen LogP contribution in [0.3, 0.4) is 0 Å². The van der Waals surface area contributed by atoms with E-state index in [1.165, 1.54) is 6.07 Å². The molecule has 1 saturated heterocycles. The minimum absolute atomic E-state index is 0.125. The van der Waals surface area contributed by atoms with Crippen LogP contribution in [0.2, 0.25) is 0 Å². The first kappa shape index (κ1) is 17.4. The van der Waals surface area contributed by atoms with Crippen molar-refractivity contribution in [3.05, 3.63) is 35.6 Å². The quantitative estimate of drug-likeness (QED) is 0.784. The molecule has 1 aromatic carbocycles. The standard InChI is InChI=1S/C18H24FNO3/c19-16-5-3-4-15(13-16)12-14-8-10-20(11-9-14)17(21)6-1-2-7-18(22)23/h3-5,13-14H,1-2,6-12H2,(H,22,23). The molecule has 0 aromatic heterocycles. The molecule has 0 atom stereocenters. The second-order valence-electron chi connectivity index (χ2n) is 6.26. The molecular formula is C18H24FNO3. The molecule has 0 aliphatic carbocycles. The first-order valence-electron chi connectivity index (χ1n) is 8.28. The van der Waals surface area contributed by atoms with E-state index >= 15 is 0 Å². The molecule has 1 N–H and O–H groups in total. The molecule has 5 heteroatoms. The van der Waals surface area contributed by atoms with E-state index in [4.69, 9.17) is 5.11 Å². The molecule has 2 rings (SSSR count). The summed E-state index contributed by atoms with van der Waals surface area (Å²) in [6.45, 7) is 1.50. The van der Waals surface area contributed by atoms with Gasteiger partial charge in [0.05, 0.1) is 0 Å².